The van der Waals surface area contributed by atoms with Gasteiger partial charge >= 0.3 is 0 Å². The summed E-state index contributed by atoms with van der Waals surface area (Å²) in [6.45, 7) is 7.77. The number of carbonyl (C=O) groups is 1. The first-order chi connectivity index (χ1) is 12.4. The van der Waals surface area contributed by atoms with Gasteiger partial charge in [0.25, 0.3) is 0 Å². The molecule has 1 aromatic carbocycles. The van der Waals surface area contributed by atoms with Crippen molar-refractivity contribution in [3.05, 3.63) is 30.3 Å². The second-order valence-corrected chi connectivity index (χ2v) is 9.40. The largest absolute Gasteiger partial charge is 0.339 e. The molecule has 0 bridgehead atoms. The summed E-state index contributed by atoms with van der Waals surface area (Å²) in [5.41, 5.74) is 0. The molecule has 2 aliphatic heterocycles. The number of amides is 1. The van der Waals surface area contributed by atoms with Crippen molar-refractivity contribution < 1.29 is 13.2 Å². The van der Waals surface area contributed by atoms with Gasteiger partial charge in [-0.05, 0) is 44.4 Å². The van der Waals surface area contributed by atoms with Crippen LogP contribution in [-0.2, 0) is 14.8 Å². The molecule has 2 heterocycles. The lowest BCUT2D eigenvalue weighted by Gasteiger charge is -2.39. The number of hydrogen-bond acceptors (Lipinski definition) is 4. The van der Waals surface area contributed by atoms with Crippen molar-refractivity contribution in [1.82, 2.24) is 14.1 Å². The van der Waals surface area contributed by atoms with Crippen molar-refractivity contribution in [3.63, 3.8) is 0 Å². The second kappa shape index (κ2) is 8.06. The van der Waals surface area contributed by atoms with Gasteiger partial charge in [-0.2, -0.15) is 4.31 Å². The molecule has 0 saturated carbocycles. The second-order valence-electron chi connectivity index (χ2n) is 7.46. The number of likely N-dealkylation sites (tertiary alicyclic amines) is 1. The molecule has 0 N–H and O–H groups in total. The number of piperidine rings is 1. The predicted molar refractivity (Wildman–Crippen MR) is 101 cm³/mol. The van der Waals surface area contributed by atoms with Crippen LogP contribution in [0.3, 0.4) is 0 Å². The summed E-state index contributed by atoms with van der Waals surface area (Å²) in [6.07, 6.45) is 2.37. The summed E-state index contributed by atoms with van der Waals surface area (Å²) in [4.78, 5) is 17.2. The number of piperazine rings is 1. The summed E-state index contributed by atoms with van der Waals surface area (Å²) in [5.74, 6) is 0.753. The van der Waals surface area contributed by atoms with Crippen LogP contribution in [0.2, 0.25) is 0 Å². The third-order valence-electron chi connectivity index (χ3n) is 5.52. The van der Waals surface area contributed by atoms with E-state index in [2.05, 4.69) is 11.8 Å². The third-order valence-corrected chi connectivity index (χ3v) is 7.44. The fourth-order valence-electron chi connectivity index (χ4n) is 3.89. The Hall–Kier alpha value is -1.44. The molecule has 6 nitrogen and oxygen atoms in total. The van der Waals surface area contributed by atoms with E-state index >= 15 is 0 Å². The highest BCUT2D eigenvalue weighted by molar-refractivity contribution is 7.89. The SMILES string of the molecule is CC1CCCN(C(C)C(=O)N2CCN(S(=O)(=O)c3ccccc3)CC2)C1. The topological polar surface area (TPSA) is 60.9 Å². The fourth-order valence-corrected chi connectivity index (χ4v) is 5.33. The maximum absolute atomic E-state index is 12.8. The van der Waals surface area contributed by atoms with E-state index in [-0.39, 0.29) is 11.9 Å². The van der Waals surface area contributed by atoms with Crippen LogP contribution in [0.1, 0.15) is 26.7 Å². The van der Waals surface area contributed by atoms with Gasteiger partial charge in [-0.15, -0.1) is 0 Å². The van der Waals surface area contributed by atoms with Gasteiger partial charge in [-0.3, -0.25) is 9.69 Å². The van der Waals surface area contributed by atoms with Crippen LogP contribution in [0.15, 0.2) is 35.2 Å². The maximum Gasteiger partial charge on any atom is 0.243 e. The monoisotopic (exact) mass is 379 g/mol. The summed E-state index contributed by atoms with van der Waals surface area (Å²) in [6, 6.07) is 8.37. The first kappa shape index (κ1) is 19.3. The molecule has 7 heteroatoms. The molecule has 144 valence electrons. The van der Waals surface area contributed by atoms with E-state index in [1.54, 1.807) is 30.3 Å². The first-order valence-corrected chi connectivity index (χ1v) is 10.9. The summed E-state index contributed by atoms with van der Waals surface area (Å²) in [7, 11) is -3.47. The Labute approximate surface area is 156 Å². The Morgan fingerprint density at radius 1 is 1.08 bits per heavy atom. The summed E-state index contributed by atoms with van der Waals surface area (Å²) in [5, 5.41) is 0. The van der Waals surface area contributed by atoms with Gasteiger partial charge in [0.05, 0.1) is 10.9 Å². The van der Waals surface area contributed by atoms with Crippen LogP contribution in [0.5, 0.6) is 0 Å². The van der Waals surface area contributed by atoms with Gasteiger partial charge in [-0.1, -0.05) is 25.1 Å². The van der Waals surface area contributed by atoms with Crippen molar-refractivity contribution >= 4 is 15.9 Å². The van der Waals surface area contributed by atoms with Crippen LogP contribution in [0.4, 0.5) is 0 Å². The lowest BCUT2D eigenvalue weighted by molar-refractivity contribution is -0.138. The molecular weight excluding hydrogens is 350 g/mol. The van der Waals surface area contributed by atoms with Gasteiger partial charge in [0, 0.05) is 32.7 Å². The van der Waals surface area contributed by atoms with E-state index in [9.17, 15) is 13.2 Å². The van der Waals surface area contributed by atoms with Gasteiger partial charge in [0.2, 0.25) is 15.9 Å². The van der Waals surface area contributed by atoms with Crippen LogP contribution in [-0.4, -0.2) is 73.7 Å². The molecule has 1 amide bonds. The molecule has 2 unspecified atom stereocenters. The van der Waals surface area contributed by atoms with E-state index in [1.807, 2.05) is 11.8 Å². The van der Waals surface area contributed by atoms with Gasteiger partial charge in [0.15, 0.2) is 0 Å². The van der Waals surface area contributed by atoms with Crippen LogP contribution < -0.4 is 0 Å². The molecule has 0 aromatic heterocycles. The van der Waals surface area contributed by atoms with E-state index < -0.39 is 10.0 Å². The Morgan fingerprint density at radius 3 is 2.35 bits per heavy atom. The van der Waals surface area contributed by atoms with Gasteiger partial charge in [0.1, 0.15) is 0 Å². The molecule has 2 atom stereocenters. The highest BCUT2D eigenvalue weighted by Gasteiger charge is 2.33. The Bertz CT molecular complexity index is 715. The predicted octanol–water partition coefficient (Wildman–Crippen LogP) is 1.64. The number of benzene rings is 1. The van der Waals surface area contributed by atoms with Crippen molar-refractivity contribution in [2.24, 2.45) is 5.92 Å². The van der Waals surface area contributed by atoms with Crippen LogP contribution >= 0.6 is 0 Å². The lowest BCUT2D eigenvalue weighted by atomic mass is 9.98. The third kappa shape index (κ3) is 4.10. The zero-order valence-electron chi connectivity index (χ0n) is 15.7. The van der Waals surface area contributed by atoms with Crippen molar-refractivity contribution in [3.8, 4) is 0 Å². The number of hydrogen-bond donors (Lipinski definition) is 0. The maximum atomic E-state index is 12.8. The van der Waals surface area contributed by atoms with Gasteiger partial charge in [-0.25, -0.2) is 8.42 Å². The zero-order valence-corrected chi connectivity index (χ0v) is 16.5. The minimum absolute atomic E-state index is 0.121. The van der Waals surface area contributed by atoms with Crippen molar-refractivity contribution in [2.45, 2.75) is 37.6 Å². The van der Waals surface area contributed by atoms with E-state index in [0.29, 0.717) is 37.0 Å². The van der Waals surface area contributed by atoms with Gasteiger partial charge < -0.3 is 4.90 Å². The average Bonchev–Trinajstić information content (AvgIpc) is 2.67. The van der Waals surface area contributed by atoms with E-state index in [1.165, 1.54) is 10.7 Å². The quantitative estimate of drug-likeness (QED) is 0.798. The molecule has 26 heavy (non-hydrogen) atoms. The Morgan fingerprint density at radius 2 is 1.73 bits per heavy atom. The molecule has 0 spiro atoms. The number of rotatable bonds is 4. The average molecular weight is 380 g/mol. The number of sulfonamides is 1. The number of carbonyl (C=O) groups excluding carboxylic acids is 1. The Balaban J connectivity index is 1.59. The smallest absolute Gasteiger partial charge is 0.243 e. The molecule has 0 radical (unpaired) electrons. The first-order valence-electron chi connectivity index (χ1n) is 9.47. The van der Waals surface area contributed by atoms with Crippen molar-refractivity contribution in [1.29, 1.82) is 0 Å². The molecule has 2 aliphatic rings. The molecule has 2 fully saturated rings. The highest BCUT2D eigenvalue weighted by Crippen LogP contribution is 2.20. The fraction of sp³-hybridized carbons (Fsp3) is 0.632. The molecule has 3 rings (SSSR count). The Kier molecular flexibility index (Phi) is 5.99. The minimum Gasteiger partial charge on any atom is -0.339 e. The van der Waals surface area contributed by atoms with Crippen LogP contribution in [0, 0.1) is 5.92 Å². The normalized spacial score (nSPS) is 24.4. The van der Waals surface area contributed by atoms with Crippen molar-refractivity contribution in [2.75, 3.05) is 39.3 Å². The summed E-state index contributed by atoms with van der Waals surface area (Å²) < 4.78 is 26.9. The zero-order chi connectivity index (χ0) is 18.7. The highest BCUT2D eigenvalue weighted by atomic mass is 32.2. The molecule has 1 aromatic rings. The number of nitrogens with zero attached hydrogens (tertiary/aromatic N) is 3. The van der Waals surface area contributed by atoms with Crippen LogP contribution in [0.25, 0.3) is 0 Å². The molecule has 0 aliphatic carbocycles. The minimum atomic E-state index is -3.47. The molecular formula is C19H29N3O3S. The lowest BCUT2D eigenvalue weighted by Crippen LogP contribution is -2.56. The molecule has 2 saturated heterocycles. The van der Waals surface area contributed by atoms with E-state index in [0.717, 1.165) is 19.5 Å². The standard InChI is InChI=1S/C19H29N3O3S/c1-16-7-6-10-21(15-16)17(2)19(23)20-11-13-22(14-12-20)26(24,25)18-8-4-3-5-9-18/h3-5,8-9,16-17H,6-7,10-15H2,1-2H3. The summed E-state index contributed by atoms with van der Waals surface area (Å²) >= 11 is 0. The van der Waals surface area contributed by atoms with E-state index in [4.69, 9.17) is 0 Å².